The number of nitrogens with zero attached hydrogens (tertiary/aromatic N) is 2. The van der Waals surface area contributed by atoms with Gasteiger partial charge in [-0.1, -0.05) is 83.3 Å². The average molecular weight is 434 g/mol. The lowest BCUT2D eigenvalue weighted by atomic mass is 10.0. The number of allylic oxidation sites excluding steroid dienone is 2. The van der Waals surface area contributed by atoms with Crippen molar-refractivity contribution >= 4 is 11.8 Å². The third kappa shape index (κ3) is 12.9. The number of hydrogen-bond donors (Lipinski definition) is 1. The molecule has 0 spiro atoms. The van der Waals surface area contributed by atoms with Gasteiger partial charge in [-0.25, -0.2) is 9.48 Å². The molecular weight excluding hydrogens is 386 g/mol. The van der Waals surface area contributed by atoms with E-state index in [-0.39, 0.29) is 11.0 Å². The van der Waals surface area contributed by atoms with Gasteiger partial charge in [-0.3, -0.25) is 0 Å². The van der Waals surface area contributed by atoms with Gasteiger partial charge in [0.15, 0.2) is 0 Å². The number of carbonyl (C=O) groups is 1. The number of rotatable bonds is 21. The van der Waals surface area contributed by atoms with E-state index in [9.17, 15) is 9.90 Å². The molecule has 1 atom stereocenters. The van der Waals surface area contributed by atoms with Crippen molar-refractivity contribution in [3.8, 4) is 0 Å². The molecule has 0 saturated heterocycles. The van der Waals surface area contributed by atoms with E-state index in [4.69, 9.17) is 5.73 Å². The van der Waals surface area contributed by atoms with Crippen LogP contribution in [0.2, 0.25) is 0 Å². The zero-order chi connectivity index (χ0) is 22.6. The number of nitrogens with two attached hydrogens (primary N) is 1. The summed E-state index contributed by atoms with van der Waals surface area (Å²) in [5.74, 6) is -0.129. The summed E-state index contributed by atoms with van der Waals surface area (Å²) < 4.78 is 0.243. The molecule has 0 saturated carbocycles. The molecule has 1 aliphatic heterocycles. The van der Waals surface area contributed by atoms with Crippen LogP contribution < -0.4 is 10.8 Å². The number of carbonyl (C=O) groups excluding carboxylic acids is 1. The maximum atomic E-state index is 11.2. The molecule has 1 rings (SSSR count). The molecule has 178 valence electrons. The number of unbranched alkanes of at least 4 members (excludes halogenated alkanes) is 13. The van der Waals surface area contributed by atoms with E-state index in [0.29, 0.717) is 13.1 Å². The summed E-state index contributed by atoms with van der Waals surface area (Å²) in [4.78, 5) is 15.6. The van der Waals surface area contributed by atoms with Crippen molar-refractivity contribution < 1.29 is 14.4 Å². The largest absolute Gasteiger partial charge is 0.544 e. The first-order valence-electron chi connectivity index (χ1n) is 12.8. The number of quaternary nitrogens is 1. The van der Waals surface area contributed by atoms with Crippen LogP contribution in [-0.4, -0.2) is 35.9 Å². The highest BCUT2D eigenvalue weighted by atomic mass is 16.4. The Morgan fingerprint density at radius 2 is 1.48 bits per heavy atom. The van der Waals surface area contributed by atoms with Gasteiger partial charge in [0.05, 0.1) is 12.2 Å². The van der Waals surface area contributed by atoms with Crippen LogP contribution in [0.4, 0.5) is 0 Å². The topological polar surface area (TPSA) is 78.5 Å². The summed E-state index contributed by atoms with van der Waals surface area (Å²) in [6, 6.07) is 0. The second-order valence-corrected chi connectivity index (χ2v) is 8.96. The van der Waals surface area contributed by atoms with Crippen molar-refractivity contribution in [2.45, 2.75) is 110 Å². The van der Waals surface area contributed by atoms with Crippen LogP contribution in [0, 0.1) is 0 Å². The van der Waals surface area contributed by atoms with Crippen LogP contribution in [0.3, 0.4) is 0 Å². The first-order valence-corrected chi connectivity index (χ1v) is 12.8. The van der Waals surface area contributed by atoms with Crippen LogP contribution in [0.15, 0.2) is 29.5 Å². The fourth-order valence-corrected chi connectivity index (χ4v) is 4.33. The molecule has 0 amide bonds. The molecule has 0 aromatic heterocycles. The molecule has 5 heteroatoms. The van der Waals surface area contributed by atoms with Crippen LogP contribution in [0.25, 0.3) is 0 Å². The number of aliphatic carboxylic acids is 1. The summed E-state index contributed by atoms with van der Waals surface area (Å²) in [7, 11) is 0. The minimum Gasteiger partial charge on any atom is -0.544 e. The van der Waals surface area contributed by atoms with Crippen LogP contribution in [-0.2, 0) is 4.79 Å². The molecule has 0 radical (unpaired) electrons. The van der Waals surface area contributed by atoms with E-state index in [2.05, 4.69) is 24.1 Å². The Balaban J connectivity index is 1.97. The molecule has 2 N–H and O–H groups in total. The van der Waals surface area contributed by atoms with Crippen molar-refractivity contribution in [3.63, 3.8) is 0 Å². The fourth-order valence-electron chi connectivity index (χ4n) is 4.33. The SMILES string of the molecule is CCCCCC/C=C/CCCCCCCCCCCC1=NC=C[N+]1(CCN)CC(=O)[O-]. The highest BCUT2D eigenvalue weighted by Crippen LogP contribution is 2.21. The van der Waals surface area contributed by atoms with Gasteiger partial charge in [0, 0.05) is 13.0 Å². The van der Waals surface area contributed by atoms with Crippen LogP contribution in [0.1, 0.15) is 110 Å². The highest BCUT2D eigenvalue weighted by Gasteiger charge is 2.34. The van der Waals surface area contributed by atoms with Gasteiger partial charge in [-0.05, 0) is 32.1 Å². The molecule has 0 aromatic carbocycles. The zero-order valence-electron chi connectivity index (χ0n) is 20.0. The number of hydrogen-bond acceptors (Lipinski definition) is 4. The van der Waals surface area contributed by atoms with Crippen molar-refractivity contribution in [2.75, 3.05) is 19.6 Å². The number of carboxylic acids is 1. The van der Waals surface area contributed by atoms with Gasteiger partial charge < -0.3 is 15.6 Å². The van der Waals surface area contributed by atoms with E-state index in [1.54, 1.807) is 6.20 Å². The molecule has 1 aliphatic rings. The minimum absolute atomic E-state index is 0.0682. The van der Waals surface area contributed by atoms with Gasteiger partial charge in [0.25, 0.3) is 0 Å². The third-order valence-electron chi connectivity index (χ3n) is 6.19. The second kappa shape index (κ2) is 18.1. The summed E-state index contributed by atoms with van der Waals surface area (Å²) in [6.45, 7) is 3.20. The zero-order valence-corrected chi connectivity index (χ0v) is 20.0. The Bertz CT molecular complexity index is 557. The van der Waals surface area contributed by atoms with E-state index in [1.165, 1.54) is 89.9 Å². The van der Waals surface area contributed by atoms with Crippen molar-refractivity contribution in [2.24, 2.45) is 10.7 Å². The Hall–Kier alpha value is -1.46. The van der Waals surface area contributed by atoms with Gasteiger partial charge >= 0.3 is 0 Å². The van der Waals surface area contributed by atoms with Gasteiger partial charge in [0.2, 0.25) is 5.84 Å². The molecule has 0 aromatic rings. The predicted molar refractivity (Wildman–Crippen MR) is 129 cm³/mol. The lowest BCUT2D eigenvalue weighted by Gasteiger charge is -2.32. The molecule has 0 fully saturated rings. The van der Waals surface area contributed by atoms with Gasteiger partial charge in [0.1, 0.15) is 19.3 Å². The van der Waals surface area contributed by atoms with E-state index < -0.39 is 5.97 Å². The first kappa shape index (κ1) is 27.6. The normalized spacial score (nSPS) is 18.2. The predicted octanol–water partition coefficient (Wildman–Crippen LogP) is 5.21. The highest BCUT2D eigenvalue weighted by molar-refractivity contribution is 5.80. The quantitative estimate of drug-likeness (QED) is 0.153. The van der Waals surface area contributed by atoms with Crippen LogP contribution >= 0.6 is 0 Å². The van der Waals surface area contributed by atoms with Gasteiger partial charge in [-0.15, -0.1) is 0 Å². The van der Waals surface area contributed by atoms with E-state index in [0.717, 1.165) is 18.7 Å². The van der Waals surface area contributed by atoms with Crippen molar-refractivity contribution in [1.29, 1.82) is 0 Å². The number of amidine groups is 1. The first-order chi connectivity index (χ1) is 15.1. The van der Waals surface area contributed by atoms with Crippen LogP contribution in [0.5, 0.6) is 0 Å². The average Bonchev–Trinajstić information content (AvgIpc) is 3.11. The smallest absolute Gasteiger partial charge is 0.207 e. The Labute approximate surface area is 191 Å². The van der Waals surface area contributed by atoms with Crippen molar-refractivity contribution in [3.05, 3.63) is 24.6 Å². The maximum absolute atomic E-state index is 11.2. The summed E-state index contributed by atoms with van der Waals surface area (Å²) in [5.41, 5.74) is 5.71. The molecule has 31 heavy (non-hydrogen) atoms. The standard InChI is InChI=1S/C26H47N3O2/c1-2-3-4-5-6-7-8-9-10-11-12-13-14-15-16-17-18-19-25-28-21-23-29(25,22-20-27)24-26(30)31/h7-8,21,23H,2-6,9-20,22,24,27H2,1H3/b8-7+. The Morgan fingerprint density at radius 1 is 0.935 bits per heavy atom. The molecule has 5 nitrogen and oxygen atoms in total. The maximum Gasteiger partial charge on any atom is 0.207 e. The minimum atomic E-state index is -1.05. The molecule has 0 bridgehead atoms. The van der Waals surface area contributed by atoms with E-state index >= 15 is 0 Å². The Morgan fingerprint density at radius 3 is 2.03 bits per heavy atom. The lowest BCUT2D eigenvalue weighted by molar-refractivity contribution is -0.780. The van der Waals surface area contributed by atoms with Gasteiger partial charge in [-0.2, -0.15) is 0 Å². The molecular formula is C26H47N3O2. The molecule has 0 aliphatic carbocycles. The fraction of sp³-hybridized carbons (Fsp3) is 0.769. The molecule has 1 heterocycles. The second-order valence-electron chi connectivity index (χ2n) is 8.96. The summed E-state index contributed by atoms with van der Waals surface area (Å²) in [6.07, 6.45) is 28.6. The number of aliphatic imine (C=N–C) groups is 1. The molecule has 1 unspecified atom stereocenters. The summed E-state index contributed by atoms with van der Waals surface area (Å²) in [5, 5.41) is 11.2. The summed E-state index contributed by atoms with van der Waals surface area (Å²) >= 11 is 0. The Kier molecular flexibility index (Phi) is 16.1. The van der Waals surface area contributed by atoms with E-state index in [1.807, 2.05) is 6.20 Å². The lowest BCUT2D eigenvalue weighted by Crippen LogP contribution is -2.55. The monoisotopic (exact) mass is 433 g/mol. The number of carboxylic acid groups (broad SMARTS) is 1. The van der Waals surface area contributed by atoms with Crippen molar-refractivity contribution in [1.82, 2.24) is 0 Å². The third-order valence-corrected chi connectivity index (χ3v) is 6.19.